The van der Waals surface area contributed by atoms with Gasteiger partial charge in [0, 0.05) is 13.1 Å². The third-order valence-corrected chi connectivity index (χ3v) is 4.21. The predicted octanol–water partition coefficient (Wildman–Crippen LogP) is 2.37. The molecular weight excluding hydrogens is 256 g/mol. The number of hydrogen-bond acceptors (Lipinski definition) is 4. The molecule has 2 N–H and O–H groups in total. The number of rotatable bonds is 2. The Morgan fingerprint density at radius 1 is 1.37 bits per heavy atom. The van der Waals surface area contributed by atoms with Crippen LogP contribution in [0.3, 0.4) is 0 Å². The second-order valence-electron chi connectivity index (χ2n) is 6.26. The topological polar surface area (TPSA) is 55.0 Å². The van der Waals surface area contributed by atoms with E-state index in [1.165, 1.54) is 12.8 Å². The van der Waals surface area contributed by atoms with E-state index in [1.54, 1.807) is 6.20 Å². The Bertz CT molecular complexity index is 459. The summed E-state index contributed by atoms with van der Waals surface area (Å²) in [6, 6.07) is 1.85. The maximum atomic E-state index is 5.75. The summed E-state index contributed by atoms with van der Waals surface area (Å²) in [6.07, 6.45) is 3.99. The standard InChI is InChI=1S/C14H22N4S/c1-14(2,3)10-5-8-18(9-6-10)13-11(12(15)19)4-7-16-17-13/h4,7,10H,5-6,8-9H2,1-3H3,(H2,15,19). The molecular formula is C14H22N4S. The highest BCUT2D eigenvalue weighted by atomic mass is 32.1. The molecule has 1 fully saturated rings. The fraction of sp³-hybridized carbons (Fsp3) is 0.643. The lowest BCUT2D eigenvalue weighted by molar-refractivity contribution is 0.198. The van der Waals surface area contributed by atoms with Crippen LogP contribution >= 0.6 is 12.2 Å². The summed E-state index contributed by atoms with van der Waals surface area (Å²) in [5.41, 5.74) is 6.96. The quantitative estimate of drug-likeness (QED) is 0.842. The van der Waals surface area contributed by atoms with E-state index in [4.69, 9.17) is 18.0 Å². The molecule has 1 aliphatic rings. The molecule has 1 aromatic rings. The highest BCUT2D eigenvalue weighted by molar-refractivity contribution is 7.80. The second-order valence-corrected chi connectivity index (χ2v) is 6.70. The fourth-order valence-corrected chi connectivity index (χ4v) is 2.87. The van der Waals surface area contributed by atoms with Crippen molar-refractivity contribution in [1.82, 2.24) is 10.2 Å². The first kappa shape index (κ1) is 14.2. The first-order valence-corrected chi connectivity index (χ1v) is 7.17. The summed E-state index contributed by atoms with van der Waals surface area (Å²) < 4.78 is 0. The van der Waals surface area contributed by atoms with Crippen LogP contribution in [0.2, 0.25) is 0 Å². The average molecular weight is 278 g/mol. The number of nitrogens with two attached hydrogens (primary N) is 1. The second kappa shape index (κ2) is 5.41. The van der Waals surface area contributed by atoms with E-state index in [-0.39, 0.29) is 0 Å². The lowest BCUT2D eigenvalue weighted by atomic mass is 9.75. The number of aromatic nitrogens is 2. The maximum Gasteiger partial charge on any atom is 0.161 e. The van der Waals surface area contributed by atoms with Crippen molar-refractivity contribution in [3.05, 3.63) is 17.8 Å². The van der Waals surface area contributed by atoms with Gasteiger partial charge in [0.05, 0.1) is 11.8 Å². The molecule has 2 rings (SSSR count). The van der Waals surface area contributed by atoms with Gasteiger partial charge in [-0.3, -0.25) is 0 Å². The van der Waals surface area contributed by atoms with Gasteiger partial charge >= 0.3 is 0 Å². The Labute approximate surface area is 120 Å². The van der Waals surface area contributed by atoms with Crippen molar-refractivity contribution in [2.45, 2.75) is 33.6 Å². The zero-order valence-corrected chi connectivity index (χ0v) is 12.7. The molecule has 0 saturated carbocycles. The van der Waals surface area contributed by atoms with E-state index < -0.39 is 0 Å². The van der Waals surface area contributed by atoms with Gasteiger partial charge in [-0.25, -0.2) is 0 Å². The summed E-state index contributed by atoms with van der Waals surface area (Å²) in [7, 11) is 0. The number of piperidine rings is 1. The summed E-state index contributed by atoms with van der Waals surface area (Å²) in [4.78, 5) is 2.65. The van der Waals surface area contributed by atoms with Crippen molar-refractivity contribution in [1.29, 1.82) is 0 Å². The van der Waals surface area contributed by atoms with Crippen molar-refractivity contribution in [2.24, 2.45) is 17.1 Å². The van der Waals surface area contributed by atoms with Crippen molar-refractivity contribution < 1.29 is 0 Å². The van der Waals surface area contributed by atoms with Crippen LogP contribution in [0.15, 0.2) is 12.3 Å². The molecule has 1 aliphatic heterocycles. The van der Waals surface area contributed by atoms with Gasteiger partial charge in [-0.2, -0.15) is 5.10 Å². The Kier molecular flexibility index (Phi) is 4.04. The third kappa shape index (κ3) is 3.21. The lowest BCUT2D eigenvalue weighted by Crippen LogP contribution is -2.39. The Balaban J connectivity index is 2.12. The molecule has 0 bridgehead atoms. The molecule has 19 heavy (non-hydrogen) atoms. The molecule has 0 radical (unpaired) electrons. The Morgan fingerprint density at radius 3 is 2.53 bits per heavy atom. The highest BCUT2D eigenvalue weighted by Crippen LogP contribution is 2.35. The first-order chi connectivity index (χ1) is 8.89. The first-order valence-electron chi connectivity index (χ1n) is 6.76. The van der Waals surface area contributed by atoms with Crippen LogP contribution in [0.5, 0.6) is 0 Å². The molecule has 5 heteroatoms. The van der Waals surface area contributed by atoms with E-state index >= 15 is 0 Å². The normalized spacial score (nSPS) is 17.5. The zero-order chi connectivity index (χ0) is 14.0. The van der Waals surface area contributed by atoms with Crippen LogP contribution in [-0.4, -0.2) is 28.3 Å². The molecule has 2 heterocycles. The fourth-order valence-electron chi connectivity index (χ4n) is 2.71. The summed E-state index contributed by atoms with van der Waals surface area (Å²) in [5.74, 6) is 1.59. The van der Waals surface area contributed by atoms with Crippen LogP contribution in [-0.2, 0) is 0 Å². The lowest BCUT2D eigenvalue weighted by Gasteiger charge is -2.39. The SMILES string of the molecule is CC(C)(C)C1CCN(c2nnccc2C(N)=S)CC1. The maximum absolute atomic E-state index is 5.75. The van der Waals surface area contributed by atoms with Gasteiger partial charge < -0.3 is 10.6 Å². The van der Waals surface area contributed by atoms with Crippen LogP contribution in [0.4, 0.5) is 5.82 Å². The summed E-state index contributed by atoms with van der Waals surface area (Å²) in [6.45, 7) is 8.94. The molecule has 104 valence electrons. The monoisotopic (exact) mass is 278 g/mol. The summed E-state index contributed by atoms with van der Waals surface area (Å²) >= 11 is 5.08. The van der Waals surface area contributed by atoms with Crippen LogP contribution in [0.25, 0.3) is 0 Å². The zero-order valence-electron chi connectivity index (χ0n) is 11.9. The molecule has 0 unspecified atom stereocenters. The van der Waals surface area contributed by atoms with E-state index in [1.807, 2.05) is 6.07 Å². The largest absolute Gasteiger partial charge is 0.389 e. The van der Waals surface area contributed by atoms with Crippen molar-refractivity contribution >= 4 is 23.0 Å². The van der Waals surface area contributed by atoms with Crippen LogP contribution in [0, 0.1) is 11.3 Å². The van der Waals surface area contributed by atoms with E-state index in [0.29, 0.717) is 10.4 Å². The highest BCUT2D eigenvalue weighted by Gasteiger charge is 2.30. The molecule has 0 aromatic carbocycles. The van der Waals surface area contributed by atoms with Gasteiger partial charge in [-0.1, -0.05) is 33.0 Å². The Hall–Kier alpha value is -1.23. The molecule has 1 saturated heterocycles. The van der Waals surface area contributed by atoms with Gasteiger partial charge in [-0.15, -0.1) is 5.10 Å². The van der Waals surface area contributed by atoms with Crippen molar-refractivity contribution in [2.75, 3.05) is 18.0 Å². The minimum absolute atomic E-state index is 0.375. The van der Waals surface area contributed by atoms with Crippen LogP contribution in [0.1, 0.15) is 39.2 Å². The summed E-state index contributed by atoms with van der Waals surface area (Å²) in [5, 5.41) is 8.18. The van der Waals surface area contributed by atoms with Crippen molar-refractivity contribution in [3.63, 3.8) is 0 Å². The third-order valence-electron chi connectivity index (χ3n) is 3.99. The molecule has 0 atom stereocenters. The van der Waals surface area contributed by atoms with E-state index in [0.717, 1.165) is 30.4 Å². The van der Waals surface area contributed by atoms with Crippen LogP contribution < -0.4 is 10.6 Å². The number of thiocarbonyl (C=S) groups is 1. The Morgan fingerprint density at radius 2 is 2.00 bits per heavy atom. The van der Waals surface area contributed by atoms with Gasteiger partial charge in [0.2, 0.25) is 0 Å². The van der Waals surface area contributed by atoms with Gasteiger partial charge in [0.15, 0.2) is 5.82 Å². The molecule has 1 aromatic heterocycles. The number of anilines is 1. The number of hydrogen-bond donors (Lipinski definition) is 1. The van der Waals surface area contributed by atoms with Gasteiger partial charge in [0.1, 0.15) is 4.99 Å². The molecule has 4 nitrogen and oxygen atoms in total. The van der Waals surface area contributed by atoms with Gasteiger partial charge in [0.25, 0.3) is 0 Å². The van der Waals surface area contributed by atoms with E-state index in [2.05, 4.69) is 35.9 Å². The number of nitrogens with zero attached hydrogens (tertiary/aromatic N) is 3. The molecule has 0 aliphatic carbocycles. The molecule has 0 spiro atoms. The predicted molar refractivity (Wildman–Crippen MR) is 82.3 cm³/mol. The average Bonchev–Trinajstić information content (AvgIpc) is 2.38. The molecule has 0 amide bonds. The minimum Gasteiger partial charge on any atom is -0.389 e. The minimum atomic E-state index is 0.375. The van der Waals surface area contributed by atoms with Crippen molar-refractivity contribution in [3.8, 4) is 0 Å². The smallest absolute Gasteiger partial charge is 0.161 e. The van der Waals surface area contributed by atoms with E-state index in [9.17, 15) is 0 Å². The van der Waals surface area contributed by atoms with Gasteiger partial charge in [-0.05, 0) is 30.2 Å².